The van der Waals surface area contributed by atoms with Crippen LogP contribution in [0.25, 0.3) is 0 Å². The molecule has 0 fully saturated rings. The number of amides is 1. The van der Waals surface area contributed by atoms with Gasteiger partial charge in [0.1, 0.15) is 5.75 Å². The van der Waals surface area contributed by atoms with Crippen molar-refractivity contribution in [2.24, 2.45) is 0 Å². The number of hydrogen-bond donors (Lipinski definition) is 1. The van der Waals surface area contributed by atoms with Gasteiger partial charge in [-0.15, -0.1) is 0 Å². The van der Waals surface area contributed by atoms with Gasteiger partial charge in [-0.2, -0.15) is 0 Å². The molecule has 0 radical (unpaired) electrons. The van der Waals surface area contributed by atoms with Gasteiger partial charge in [-0.3, -0.25) is 4.79 Å². The maximum Gasteiger partial charge on any atom is 0.338 e. The molecule has 0 aromatic heterocycles. The van der Waals surface area contributed by atoms with Crippen molar-refractivity contribution >= 4 is 17.6 Å². The zero-order valence-electron chi connectivity index (χ0n) is 15.0. The number of aryl methyl sites for hydroxylation is 3. The Hall–Kier alpha value is -2.82. The zero-order valence-corrected chi connectivity index (χ0v) is 15.0. The van der Waals surface area contributed by atoms with Crippen LogP contribution in [-0.2, 0) is 9.53 Å². The third-order valence-electron chi connectivity index (χ3n) is 3.70. The fourth-order valence-corrected chi connectivity index (χ4v) is 2.44. The van der Waals surface area contributed by atoms with Crippen LogP contribution in [-0.4, -0.2) is 25.1 Å². The Kier molecular flexibility index (Phi) is 6.17. The van der Waals surface area contributed by atoms with Crippen LogP contribution in [0.2, 0.25) is 0 Å². The molecule has 0 heterocycles. The van der Waals surface area contributed by atoms with Gasteiger partial charge in [0.25, 0.3) is 5.91 Å². The van der Waals surface area contributed by atoms with E-state index >= 15 is 0 Å². The lowest BCUT2D eigenvalue weighted by atomic mass is 10.1. The number of hydrogen-bond acceptors (Lipinski definition) is 4. The molecule has 1 N–H and O–H groups in total. The molecule has 0 unspecified atom stereocenters. The van der Waals surface area contributed by atoms with Gasteiger partial charge in [0.2, 0.25) is 0 Å². The van der Waals surface area contributed by atoms with Gasteiger partial charge in [-0.25, -0.2) is 4.79 Å². The van der Waals surface area contributed by atoms with E-state index in [1.54, 1.807) is 25.1 Å². The molecule has 5 nitrogen and oxygen atoms in total. The van der Waals surface area contributed by atoms with Crippen LogP contribution in [0.5, 0.6) is 5.75 Å². The van der Waals surface area contributed by atoms with Crippen molar-refractivity contribution in [1.29, 1.82) is 0 Å². The van der Waals surface area contributed by atoms with Crippen LogP contribution < -0.4 is 10.1 Å². The van der Waals surface area contributed by atoms with Crippen LogP contribution >= 0.6 is 0 Å². The number of esters is 1. The van der Waals surface area contributed by atoms with Crippen molar-refractivity contribution in [2.45, 2.75) is 27.7 Å². The van der Waals surface area contributed by atoms with Crippen molar-refractivity contribution in [3.63, 3.8) is 0 Å². The van der Waals surface area contributed by atoms with E-state index in [0.29, 0.717) is 23.6 Å². The molecule has 25 heavy (non-hydrogen) atoms. The van der Waals surface area contributed by atoms with E-state index in [1.165, 1.54) is 0 Å². The fraction of sp³-hybridized carbons (Fsp3) is 0.300. The lowest BCUT2D eigenvalue weighted by Crippen LogP contribution is -2.21. The second-order valence-corrected chi connectivity index (χ2v) is 5.86. The molecule has 0 bridgehead atoms. The van der Waals surface area contributed by atoms with Crippen LogP contribution in [0.1, 0.15) is 34.0 Å². The number of carbonyl (C=O) groups is 2. The lowest BCUT2D eigenvalue weighted by molar-refractivity contribution is -0.118. The van der Waals surface area contributed by atoms with E-state index in [1.807, 2.05) is 39.0 Å². The van der Waals surface area contributed by atoms with Gasteiger partial charge in [0, 0.05) is 5.69 Å². The van der Waals surface area contributed by atoms with E-state index in [4.69, 9.17) is 9.47 Å². The molecule has 0 spiro atoms. The summed E-state index contributed by atoms with van der Waals surface area (Å²) in [6, 6.07) is 10.8. The summed E-state index contributed by atoms with van der Waals surface area (Å²) in [6.07, 6.45) is 0. The molecule has 132 valence electrons. The molecule has 1 amide bonds. The minimum Gasteiger partial charge on any atom is -0.483 e. The Bertz CT molecular complexity index is 783. The van der Waals surface area contributed by atoms with Crippen LogP contribution in [0.4, 0.5) is 5.69 Å². The molecule has 0 aliphatic heterocycles. The summed E-state index contributed by atoms with van der Waals surface area (Å²) in [7, 11) is 0. The van der Waals surface area contributed by atoms with Gasteiger partial charge >= 0.3 is 5.97 Å². The van der Waals surface area contributed by atoms with Crippen molar-refractivity contribution in [3.8, 4) is 5.75 Å². The summed E-state index contributed by atoms with van der Waals surface area (Å²) in [5, 5.41) is 2.79. The Balaban J connectivity index is 1.97. The Morgan fingerprint density at radius 2 is 1.76 bits per heavy atom. The van der Waals surface area contributed by atoms with Gasteiger partial charge < -0.3 is 14.8 Å². The summed E-state index contributed by atoms with van der Waals surface area (Å²) in [5.74, 6) is 0.0590. The predicted molar refractivity (Wildman–Crippen MR) is 97.2 cm³/mol. The van der Waals surface area contributed by atoms with Crippen LogP contribution in [0.15, 0.2) is 36.4 Å². The molecule has 2 rings (SSSR count). The van der Waals surface area contributed by atoms with Crippen molar-refractivity contribution < 1.29 is 19.1 Å². The van der Waals surface area contributed by atoms with E-state index < -0.39 is 0 Å². The first-order valence-corrected chi connectivity index (χ1v) is 8.18. The fourth-order valence-electron chi connectivity index (χ4n) is 2.44. The SMILES string of the molecule is CCOC(=O)c1ccc(NC(=O)COc2ccc(C)cc2C)c(C)c1. The van der Waals surface area contributed by atoms with E-state index in [2.05, 4.69) is 5.32 Å². The monoisotopic (exact) mass is 341 g/mol. The minimum atomic E-state index is -0.373. The number of ether oxygens (including phenoxy) is 2. The van der Waals surface area contributed by atoms with Gasteiger partial charge in [-0.05, 0) is 63.1 Å². The Morgan fingerprint density at radius 3 is 2.40 bits per heavy atom. The van der Waals surface area contributed by atoms with Gasteiger partial charge in [-0.1, -0.05) is 17.7 Å². The van der Waals surface area contributed by atoms with E-state index in [0.717, 1.165) is 16.7 Å². The largest absolute Gasteiger partial charge is 0.483 e. The second-order valence-electron chi connectivity index (χ2n) is 5.86. The average molecular weight is 341 g/mol. The minimum absolute atomic E-state index is 0.0804. The highest BCUT2D eigenvalue weighted by Gasteiger charge is 2.11. The quantitative estimate of drug-likeness (QED) is 0.812. The van der Waals surface area contributed by atoms with Gasteiger partial charge in [0.05, 0.1) is 12.2 Å². The summed E-state index contributed by atoms with van der Waals surface area (Å²) in [6.45, 7) is 7.78. The molecule has 0 saturated carbocycles. The van der Waals surface area contributed by atoms with E-state index in [-0.39, 0.29) is 18.5 Å². The third kappa shape index (κ3) is 5.08. The molecular formula is C20H23NO4. The Morgan fingerprint density at radius 1 is 1.00 bits per heavy atom. The predicted octanol–water partition coefficient (Wildman–Crippen LogP) is 3.81. The van der Waals surface area contributed by atoms with Gasteiger partial charge in [0.15, 0.2) is 6.61 Å². The Labute approximate surface area is 148 Å². The molecule has 0 saturated heterocycles. The van der Waals surface area contributed by atoms with E-state index in [9.17, 15) is 9.59 Å². The topological polar surface area (TPSA) is 64.6 Å². The van der Waals surface area contributed by atoms with Crippen LogP contribution in [0.3, 0.4) is 0 Å². The molecule has 2 aromatic rings. The smallest absolute Gasteiger partial charge is 0.338 e. The molecular weight excluding hydrogens is 318 g/mol. The van der Waals surface area contributed by atoms with Crippen LogP contribution in [0, 0.1) is 20.8 Å². The number of anilines is 1. The standard InChI is InChI=1S/C20H23NO4/c1-5-24-20(23)16-7-8-17(14(3)11-16)21-19(22)12-25-18-9-6-13(2)10-15(18)4/h6-11H,5,12H2,1-4H3,(H,21,22). The highest BCUT2D eigenvalue weighted by atomic mass is 16.5. The maximum atomic E-state index is 12.1. The number of carbonyl (C=O) groups excluding carboxylic acids is 2. The second kappa shape index (κ2) is 8.33. The zero-order chi connectivity index (χ0) is 18.4. The first-order valence-electron chi connectivity index (χ1n) is 8.18. The number of nitrogens with one attached hydrogen (secondary N) is 1. The number of rotatable bonds is 6. The summed E-state index contributed by atoms with van der Waals surface area (Å²) < 4.78 is 10.5. The summed E-state index contributed by atoms with van der Waals surface area (Å²) in [5.41, 5.74) is 4.02. The average Bonchev–Trinajstić information content (AvgIpc) is 2.56. The molecule has 5 heteroatoms. The van der Waals surface area contributed by atoms with Crippen molar-refractivity contribution in [1.82, 2.24) is 0 Å². The number of benzene rings is 2. The highest BCUT2D eigenvalue weighted by molar-refractivity contribution is 5.94. The normalized spacial score (nSPS) is 10.2. The van der Waals surface area contributed by atoms with Crippen molar-refractivity contribution in [3.05, 3.63) is 58.7 Å². The summed E-state index contributed by atoms with van der Waals surface area (Å²) >= 11 is 0. The van der Waals surface area contributed by atoms with Crippen molar-refractivity contribution in [2.75, 3.05) is 18.5 Å². The summed E-state index contributed by atoms with van der Waals surface area (Å²) in [4.78, 5) is 23.8. The third-order valence-corrected chi connectivity index (χ3v) is 3.70. The maximum absolute atomic E-state index is 12.1. The molecule has 0 aliphatic rings. The molecule has 0 aliphatic carbocycles. The first-order chi connectivity index (χ1) is 11.9. The first kappa shape index (κ1) is 18.5. The lowest BCUT2D eigenvalue weighted by Gasteiger charge is -2.12. The molecule has 2 aromatic carbocycles. The highest BCUT2D eigenvalue weighted by Crippen LogP contribution is 2.20. The molecule has 0 atom stereocenters.